The van der Waals surface area contributed by atoms with E-state index in [1.807, 2.05) is 13.8 Å². The van der Waals surface area contributed by atoms with Crippen molar-refractivity contribution >= 4 is 9.84 Å². The van der Waals surface area contributed by atoms with Crippen LogP contribution in [0, 0.1) is 11.8 Å². The fourth-order valence-corrected chi connectivity index (χ4v) is 5.72. The Labute approximate surface area is 166 Å². The van der Waals surface area contributed by atoms with Crippen molar-refractivity contribution in [3.8, 4) is 5.75 Å². The quantitative estimate of drug-likeness (QED) is 0.444. The van der Waals surface area contributed by atoms with Gasteiger partial charge in [-0.15, -0.1) is 0 Å². The molecule has 0 radical (unpaired) electrons. The molecule has 0 aliphatic heterocycles. The van der Waals surface area contributed by atoms with Crippen LogP contribution in [0.3, 0.4) is 0 Å². The molecule has 27 heavy (non-hydrogen) atoms. The number of hydrogen-bond acceptors (Lipinski definition) is 3. The molecule has 154 valence electrons. The van der Waals surface area contributed by atoms with E-state index in [4.69, 9.17) is 4.74 Å². The lowest BCUT2D eigenvalue weighted by Crippen LogP contribution is -2.27. The van der Waals surface area contributed by atoms with E-state index in [-0.39, 0.29) is 5.25 Å². The Bertz CT molecular complexity index is 628. The molecule has 3 nitrogen and oxygen atoms in total. The van der Waals surface area contributed by atoms with E-state index >= 15 is 0 Å². The average Bonchev–Trinajstić information content (AvgIpc) is 2.67. The first kappa shape index (κ1) is 22.3. The zero-order chi connectivity index (χ0) is 19.7. The Hall–Kier alpha value is -1.03. The molecule has 1 aromatic carbocycles. The van der Waals surface area contributed by atoms with Crippen molar-refractivity contribution < 1.29 is 13.2 Å². The van der Waals surface area contributed by atoms with Gasteiger partial charge in [-0.25, -0.2) is 8.42 Å². The number of rotatable bonds is 11. The molecule has 1 unspecified atom stereocenters. The van der Waals surface area contributed by atoms with Crippen LogP contribution in [0.4, 0.5) is 0 Å². The molecule has 4 heteroatoms. The third-order valence-corrected chi connectivity index (χ3v) is 8.65. The van der Waals surface area contributed by atoms with Crippen molar-refractivity contribution in [3.63, 3.8) is 0 Å². The molecule has 0 N–H and O–H groups in total. The molecule has 1 saturated carbocycles. The van der Waals surface area contributed by atoms with E-state index in [1.54, 1.807) is 0 Å². The van der Waals surface area contributed by atoms with Gasteiger partial charge in [-0.1, -0.05) is 45.2 Å². The van der Waals surface area contributed by atoms with Gasteiger partial charge in [-0.3, -0.25) is 0 Å². The maximum absolute atomic E-state index is 12.3. The fraction of sp³-hybridized carbons (Fsp3) is 0.739. The number of benzene rings is 1. The van der Waals surface area contributed by atoms with E-state index < -0.39 is 9.84 Å². The molecule has 1 aliphatic rings. The van der Waals surface area contributed by atoms with Crippen molar-refractivity contribution in [2.45, 2.75) is 83.8 Å². The molecule has 0 spiro atoms. The Morgan fingerprint density at radius 1 is 1.04 bits per heavy atom. The number of unbranched alkanes of at least 4 members (excludes halogenated alkanes) is 1. The third-order valence-electron chi connectivity index (χ3n) is 6.15. The highest BCUT2D eigenvalue weighted by Gasteiger charge is 2.28. The van der Waals surface area contributed by atoms with Crippen LogP contribution < -0.4 is 4.74 Å². The average molecular weight is 395 g/mol. The number of ether oxygens (including phenoxy) is 1. The summed E-state index contributed by atoms with van der Waals surface area (Å²) in [6.07, 6.45) is 9.80. The largest absolute Gasteiger partial charge is 0.494 e. The summed E-state index contributed by atoms with van der Waals surface area (Å²) in [7, 11) is -2.91. The summed E-state index contributed by atoms with van der Waals surface area (Å²) in [5.41, 5.74) is 1.37. The van der Waals surface area contributed by atoms with Gasteiger partial charge in [0, 0.05) is 0 Å². The molecule has 0 heterocycles. The second-order valence-corrected chi connectivity index (χ2v) is 10.8. The van der Waals surface area contributed by atoms with E-state index in [0.29, 0.717) is 11.7 Å². The van der Waals surface area contributed by atoms with Gasteiger partial charge in [-0.05, 0) is 75.0 Å². The summed E-state index contributed by atoms with van der Waals surface area (Å²) in [5, 5.41) is -0.191. The molecule has 1 atom stereocenters. The molecule has 1 fully saturated rings. The molecule has 0 amide bonds. The van der Waals surface area contributed by atoms with E-state index in [2.05, 4.69) is 31.2 Å². The lowest BCUT2D eigenvalue weighted by Gasteiger charge is -2.29. The van der Waals surface area contributed by atoms with Gasteiger partial charge in [0.2, 0.25) is 0 Å². The Balaban J connectivity index is 1.70. The lowest BCUT2D eigenvalue weighted by molar-refractivity contribution is 0.278. The van der Waals surface area contributed by atoms with Gasteiger partial charge in [0.25, 0.3) is 0 Å². The Kier molecular flexibility index (Phi) is 9.14. The second-order valence-electron chi connectivity index (χ2n) is 8.32. The first-order valence-electron chi connectivity index (χ1n) is 10.9. The highest BCUT2D eigenvalue weighted by Crippen LogP contribution is 2.33. The third kappa shape index (κ3) is 7.48. The molecular formula is C23H38O3S. The summed E-state index contributed by atoms with van der Waals surface area (Å²) in [6.45, 7) is 6.78. The molecular weight excluding hydrogens is 356 g/mol. The van der Waals surface area contributed by atoms with Crippen molar-refractivity contribution in [1.82, 2.24) is 0 Å². The first-order valence-corrected chi connectivity index (χ1v) is 12.6. The standard InChI is InChI=1S/C23H38O3S/c1-4-6-17-26-23-15-13-21(14-16-23)8-7-20-9-11-22(12-10-20)18-27(24,25)19(3)5-2/h13-16,19-20,22H,4-12,17-18H2,1-3H3. The highest BCUT2D eigenvalue weighted by atomic mass is 32.2. The number of hydrogen-bond donors (Lipinski definition) is 0. The fourth-order valence-electron chi connectivity index (χ4n) is 3.89. The van der Waals surface area contributed by atoms with Crippen molar-refractivity contribution in [1.29, 1.82) is 0 Å². The SMILES string of the molecule is CCCCOc1ccc(CCC2CCC(CS(=O)(=O)C(C)CC)CC2)cc1. The first-order chi connectivity index (χ1) is 12.9. The van der Waals surface area contributed by atoms with Crippen molar-refractivity contribution in [2.75, 3.05) is 12.4 Å². The smallest absolute Gasteiger partial charge is 0.153 e. The zero-order valence-corrected chi connectivity index (χ0v) is 18.3. The maximum atomic E-state index is 12.3. The van der Waals surface area contributed by atoms with Gasteiger partial charge in [-0.2, -0.15) is 0 Å². The van der Waals surface area contributed by atoms with Crippen LogP contribution >= 0.6 is 0 Å². The van der Waals surface area contributed by atoms with Crippen LogP contribution in [0.5, 0.6) is 5.75 Å². The predicted octanol–water partition coefficient (Wildman–Crippen LogP) is 5.82. The molecule has 0 bridgehead atoms. The second kappa shape index (κ2) is 11.1. The van der Waals surface area contributed by atoms with Crippen LogP contribution in [0.2, 0.25) is 0 Å². The van der Waals surface area contributed by atoms with Gasteiger partial charge in [0.15, 0.2) is 9.84 Å². The topological polar surface area (TPSA) is 43.4 Å². The van der Waals surface area contributed by atoms with Crippen molar-refractivity contribution in [2.24, 2.45) is 11.8 Å². The summed E-state index contributed by atoms with van der Waals surface area (Å²) in [6, 6.07) is 8.54. The van der Waals surface area contributed by atoms with Crippen LogP contribution in [-0.2, 0) is 16.3 Å². The minimum absolute atomic E-state index is 0.191. The van der Waals surface area contributed by atoms with Gasteiger partial charge >= 0.3 is 0 Å². The van der Waals surface area contributed by atoms with E-state index in [0.717, 1.165) is 56.8 Å². The minimum Gasteiger partial charge on any atom is -0.494 e. The molecule has 1 aliphatic carbocycles. The normalized spacial score (nSPS) is 21.7. The van der Waals surface area contributed by atoms with Crippen LogP contribution in [0.1, 0.15) is 77.7 Å². The number of sulfone groups is 1. The van der Waals surface area contributed by atoms with Crippen LogP contribution in [0.25, 0.3) is 0 Å². The Morgan fingerprint density at radius 3 is 2.26 bits per heavy atom. The molecule has 0 saturated heterocycles. The summed E-state index contributed by atoms with van der Waals surface area (Å²) in [4.78, 5) is 0. The maximum Gasteiger partial charge on any atom is 0.153 e. The monoisotopic (exact) mass is 394 g/mol. The van der Waals surface area contributed by atoms with Crippen LogP contribution in [0.15, 0.2) is 24.3 Å². The molecule has 2 rings (SSSR count). The summed E-state index contributed by atoms with van der Waals surface area (Å²) in [5.74, 6) is 2.48. The van der Waals surface area contributed by atoms with Crippen molar-refractivity contribution in [3.05, 3.63) is 29.8 Å². The zero-order valence-electron chi connectivity index (χ0n) is 17.5. The van der Waals surface area contributed by atoms with Gasteiger partial charge in [0.05, 0.1) is 17.6 Å². The highest BCUT2D eigenvalue weighted by molar-refractivity contribution is 7.92. The summed E-state index contributed by atoms with van der Waals surface area (Å²) >= 11 is 0. The van der Waals surface area contributed by atoms with Crippen LogP contribution in [-0.4, -0.2) is 26.0 Å². The Morgan fingerprint density at radius 2 is 1.67 bits per heavy atom. The van der Waals surface area contributed by atoms with Gasteiger partial charge < -0.3 is 4.74 Å². The predicted molar refractivity (Wildman–Crippen MR) is 114 cm³/mol. The number of aryl methyl sites for hydroxylation is 1. The van der Waals surface area contributed by atoms with E-state index in [1.165, 1.54) is 24.8 Å². The van der Waals surface area contributed by atoms with Gasteiger partial charge in [0.1, 0.15) is 5.75 Å². The summed E-state index contributed by atoms with van der Waals surface area (Å²) < 4.78 is 30.4. The minimum atomic E-state index is -2.91. The molecule has 1 aromatic rings. The lowest BCUT2D eigenvalue weighted by atomic mass is 9.80. The van der Waals surface area contributed by atoms with E-state index in [9.17, 15) is 8.42 Å². The molecule has 0 aromatic heterocycles.